The second-order valence-electron chi connectivity index (χ2n) is 5.71. The Morgan fingerprint density at radius 3 is 2.44 bits per heavy atom. The first-order valence-electron chi connectivity index (χ1n) is 7.40. The molecule has 2 heterocycles. The van der Waals surface area contributed by atoms with Crippen LogP contribution in [0.1, 0.15) is 28.2 Å². The van der Waals surface area contributed by atoms with E-state index in [1.165, 1.54) is 23.7 Å². The molecule has 0 amide bonds. The van der Waals surface area contributed by atoms with Gasteiger partial charge in [0.05, 0.1) is 5.92 Å². The van der Waals surface area contributed by atoms with Gasteiger partial charge in [0.2, 0.25) is 11.8 Å². The lowest BCUT2D eigenvalue weighted by Crippen LogP contribution is -2.31. The Kier molecular flexibility index (Phi) is 3.71. The van der Waals surface area contributed by atoms with E-state index in [1.54, 1.807) is 19.1 Å². The van der Waals surface area contributed by atoms with Crippen molar-refractivity contribution < 1.29 is 9.84 Å². The molecule has 0 aliphatic carbocycles. The summed E-state index contributed by atoms with van der Waals surface area (Å²) in [6.45, 7) is 1.64. The molecular weight excluding hydrogens is 320 g/mol. The fourth-order valence-corrected chi connectivity index (χ4v) is 3.06. The highest BCUT2D eigenvalue weighted by Crippen LogP contribution is 2.43. The number of phenols is 1. The quantitative estimate of drug-likeness (QED) is 0.814. The van der Waals surface area contributed by atoms with Crippen LogP contribution in [0.3, 0.4) is 0 Å². The molecule has 1 unspecified atom stereocenters. The topological polar surface area (TPSA) is 125 Å². The molecule has 3 rings (SSSR count). The van der Waals surface area contributed by atoms with E-state index >= 15 is 0 Å². The minimum Gasteiger partial charge on any atom is -0.508 e. The van der Waals surface area contributed by atoms with Gasteiger partial charge in [-0.15, -0.1) is 0 Å². The number of ether oxygens (including phenoxy) is 1. The van der Waals surface area contributed by atoms with Crippen molar-refractivity contribution in [1.82, 2.24) is 4.57 Å². The number of rotatable bonds is 1. The molecule has 7 heteroatoms. The molecule has 2 aromatic rings. The van der Waals surface area contributed by atoms with Gasteiger partial charge >= 0.3 is 0 Å². The van der Waals surface area contributed by atoms with Crippen LogP contribution in [0.5, 0.6) is 11.6 Å². The summed E-state index contributed by atoms with van der Waals surface area (Å²) in [6, 6.07) is 10.3. The molecule has 25 heavy (non-hydrogen) atoms. The molecule has 7 nitrogen and oxygen atoms in total. The number of aromatic hydroxyl groups is 1. The Labute approximate surface area is 143 Å². The number of hydrogen-bond donors (Lipinski definition) is 2. The first-order chi connectivity index (χ1) is 11.9. The van der Waals surface area contributed by atoms with Gasteiger partial charge in [-0.1, -0.05) is 12.1 Å². The molecule has 0 spiro atoms. The van der Waals surface area contributed by atoms with Crippen molar-refractivity contribution >= 4 is 0 Å². The summed E-state index contributed by atoms with van der Waals surface area (Å²) in [7, 11) is 1.49. The third-order valence-corrected chi connectivity index (χ3v) is 4.34. The van der Waals surface area contributed by atoms with E-state index in [0.29, 0.717) is 16.7 Å². The number of nitrogens with two attached hydrogens (primary N) is 1. The monoisotopic (exact) mass is 334 g/mol. The maximum absolute atomic E-state index is 12.3. The number of fused-ring (bicyclic) bond motifs is 1. The van der Waals surface area contributed by atoms with E-state index in [9.17, 15) is 20.4 Å². The maximum atomic E-state index is 12.3. The number of phenolic OH excluding ortho intramolecular Hbond substituents is 1. The van der Waals surface area contributed by atoms with Crippen LogP contribution in [0.4, 0.5) is 0 Å². The van der Waals surface area contributed by atoms with Crippen molar-refractivity contribution in [1.29, 1.82) is 10.5 Å². The number of aromatic nitrogens is 1. The van der Waals surface area contributed by atoms with Gasteiger partial charge in [0, 0.05) is 12.6 Å². The summed E-state index contributed by atoms with van der Waals surface area (Å²) in [6.07, 6.45) is 0. The van der Waals surface area contributed by atoms with Crippen molar-refractivity contribution in [2.75, 3.05) is 0 Å². The van der Waals surface area contributed by atoms with Crippen molar-refractivity contribution in [3.8, 4) is 23.8 Å². The summed E-state index contributed by atoms with van der Waals surface area (Å²) in [4.78, 5) is 12.3. The average molecular weight is 334 g/mol. The molecule has 1 aromatic carbocycles. The third-order valence-electron chi connectivity index (χ3n) is 4.34. The Balaban J connectivity index is 2.42. The summed E-state index contributed by atoms with van der Waals surface area (Å²) in [5.74, 6) is -0.405. The zero-order valence-corrected chi connectivity index (χ0v) is 13.6. The first-order valence-corrected chi connectivity index (χ1v) is 7.40. The van der Waals surface area contributed by atoms with Crippen LogP contribution < -0.4 is 16.0 Å². The highest BCUT2D eigenvalue weighted by atomic mass is 16.5. The second-order valence-corrected chi connectivity index (χ2v) is 5.71. The predicted molar refractivity (Wildman–Crippen MR) is 88.5 cm³/mol. The van der Waals surface area contributed by atoms with Crippen molar-refractivity contribution in [2.45, 2.75) is 12.8 Å². The zero-order valence-electron chi connectivity index (χ0n) is 13.6. The van der Waals surface area contributed by atoms with Gasteiger partial charge in [-0.25, -0.2) is 0 Å². The largest absolute Gasteiger partial charge is 0.508 e. The van der Waals surface area contributed by atoms with E-state index in [2.05, 4.69) is 6.07 Å². The van der Waals surface area contributed by atoms with Crippen LogP contribution in [0, 0.1) is 29.6 Å². The maximum Gasteiger partial charge on any atom is 0.271 e. The lowest BCUT2D eigenvalue weighted by Gasteiger charge is -2.29. The number of pyridine rings is 1. The number of hydrogen-bond acceptors (Lipinski definition) is 6. The van der Waals surface area contributed by atoms with Crippen LogP contribution in [0.25, 0.3) is 0 Å². The number of nitriles is 2. The molecule has 0 saturated carbocycles. The van der Waals surface area contributed by atoms with Crippen LogP contribution in [0.2, 0.25) is 0 Å². The van der Waals surface area contributed by atoms with Crippen LogP contribution >= 0.6 is 0 Å². The molecule has 0 fully saturated rings. The third kappa shape index (κ3) is 2.30. The van der Waals surface area contributed by atoms with E-state index in [-0.39, 0.29) is 28.6 Å². The summed E-state index contributed by atoms with van der Waals surface area (Å²) >= 11 is 0. The summed E-state index contributed by atoms with van der Waals surface area (Å²) in [5, 5.41) is 28.4. The van der Waals surface area contributed by atoms with Crippen molar-refractivity contribution in [2.24, 2.45) is 12.8 Å². The Hall–Kier alpha value is -3.71. The molecule has 0 saturated heterocycles. The lowest BCUT2D eigenvalue weighted by atomic mass is 9.81. The van der Waals surface area contributed by atoms with Gasteiger partial charge in [-0.05, 0) is 30.2 Å². The number of nitrogens with zero attached hydrogens (tertiary/aromatic N) is 3. The van der Waals surface area contributed by atoms with Gasteiger partial charge in [0.15, 0.2) is 0 Å². The fraction of sp³-hybridized carbons (Fsp3) is 0.167. The normalized spacial score (nSPS) is 15.8. The first kappa shape index (κ1) is 16.2. The number of allylic oxidation sites excluding steroid dienone is 1. The highest BCUT2D eigenvalue weighted by Gasteiger charge is 2.35. The van der Waals surface area contributed by atoms with Crippen molar-refractivity contribution in [3.05, 3.63) is 68.3 Å². The highest BCUT2D eigenvalue weighted by molar-refractivity contribution is 5.59. The smallest absolute Gasteiger partial charge is 0.271 e. The van der Waals surface area contributed by atoms with Gasteiger partial charge < -0.3 is 15.6 Å². The molecule has 0 radical (unpaired) electrons. The predicted octanol–water partition coefficient (Wildman–Crippen LogP) is 1.49. The standard InChI is InChI=1S/C18H14N4O3/c1-9-12(7-19)17(24)22(2)18-14(9)15(13(8-20)16(21)25-18)10-3-5-11(23)6-4-10/h3-6,15,23H,21H2,1-2H3. The van der Waals surface area contributed by atoms with Gasteiger partial charge in [-0.3, -0.25) is 9.36 Å². The zero-order chi connectivity index (χ0) is 18.3. The number of benzene rings is 1. The Morgan fingerprint density at radius 1 is 1.24 bits per heavy atom. The van der Waals surface area contributed by atoms with Crippen LogP contribution in [-0.2, 0) is 7.05 Å². The lowest BCUT2D eigenvalue weighted by molar-refractivity contribution is 0.356. The molecule has 0 bridgehead atoms. The molecule has 1 aromatic heterocycles. The molecule has 1 atom stereocenters. The Morgan fingerprint density at radius 2 is 1.88 bits per heavy atom. The molecule has 1 aliphatic rings. The van der Waals surface area contributed by atoms with E-state index < -0.39 is 11.5 Å². The average Bonchev–Trinajstić information content (AvgIpc) is 2.60. The van der Waals surface area contributed by atoms with E-state index in [1.807, 2.05) is 6.07 Å². The summed E-state index contributed by atoms with van der Waals surface area (Å²) < 4.78 is 6.76. The van der Waals surface area contributed by atoms with E-state index in [4.69, 9.17) is 10.5 Å². The molecule has 1 aliphatic heterocycles. The fourth-order valence-electron chi connectivity index (χ4n) is 3.06. The molecular formula is C18H14N4O3. The van der Waals surface area contributed by atoms with Crippen molar-refractivity contribution in [3.63, 3.8) is 0 Å². The molecule has 3 N–H and O–H groups in total. The molecule has 124 valence electrons. The van der Waals surface area contributed by atoms with Crippen LogP contribution in [-0.4, -0.2) is 9.67 Å². The minimum absolute atomic E-state index is 0.00797. The van der Waals surface area contributed by atoms with Gasteiger partial charge in [-0.2, -0.15) is 10.5 Å². The second kappa shape index (κ2) is 5.73. The van der Waals surface area contributed by atoms with Gasteiger partial charge in [0.1, 0.15) is 29.0 Å². The minimum atomic E-state index is -0.603. The summed E-state index contributed by atoms with van der Waals surface area (Å²) in [5.41, 5.74) is 7.26. The van der Waals surface area contributed by atoms with Gasteiger partial charge in [0.25, 0.3) is 5.56 Å². The SMILES string of the molecule is Cc1c2c(n(C)c(=O)c1C#N)OC(N)=C(C#N)C2c1ccc(O)cc1. The van der Waals surface area contributed by atoms with E-state index in [0.717, 1.165) is 0 Å². The van der Waals surface area contributed by atoms with Crippen LogP contribution in [0.15, 0.2) is 40.5 Å². The Bertz CT molecular complexity index is 1050.